The number of amides is 1. The van der Waals surface area contributed by atoms with Crippen molar-refractivity contribution in [3.05, 3.63) is 119 Å². The van der Waals surface area contributed by atoms with E-state index in [2.05, 4.69) is 24.3 Å². The molecule has 0 atom stereocenters. The van der Waals surface area contributed by atoms with Crippen molar-refractivity contribution in [3.63, 3.8) is 0 Å². The van der Waals surface area contributed by atoms with Gasteiger partial charge in [0, 0.05) is 5.02 Å². The highest BCUT2D eigenvalue weighted by Gasteiger charge is 2.21. The number of carbonyl (C=O) groups excluding carboxylic acids is 1. The van der Waals surface area contributed by atoms with Crippen LogP contribution in [-0.2, 0) is 17.8 Å². The molecule has 1 aromatic heterocycles. The van der Waals surface area contributed by atoms with Gasteiger partial charge in [0.25, 0.3) is 0 Å². The van der Waals surface area contributed by atoms with Crippen molar-refractivity contribution >= 4 is 44.2 Å². The van der Waals surface area contributed by atoms with Crippen LogP contribution < -0.4 is 4.90 Å². The first-order valence-corrected chi connectivity index (χ1v) is 12.3. The number of halogens is 1. The van der Waals surface area contributed by atoms with E-state index < -0.39 is 0 Å². The molecule has 0 spiro atoms. The molecule has 168 valence electrons. The first-order chi connectivity index (χ1) is 16.6. The molecular formula is C29H23ClN2OS. The normalized spacial score (nSPS) is 11.0. The van der Waals surface area contributed by atoms with E-state index in [4.69, 9.17) is 16.6 Å². The number of anilines is 1. The average Bonchev–Trinajstić information content (AvgIpc) is 3.31. The van der Waals surface area contributed by atoms with E-state index in [1.807, 2.05) is 79.7 Å². The Morgan fingerprint density at radius 3 is 2.18 bits per heavy atom. The lowest BCUT2D eigenvalue weighted by Crippen LogP contribution is -2.31. The van der Waals surface area contributed by atoms with E-state index in [9.17, 15) is 4.79 Å². The van der Waals surface area contributed by atoms with Crippen LogP contribution in [0, 0.1) is 6.92 Å². The van der Waals surface area contributed by atoms with E-state index in [1.54, 1.807) is 4.90 Å². The highest BCUT2D eigenvalue weighted by atomic mass is 35.5. The summed E-state index contributed by atoms with van der Waals surface area (Å²) in [4.78, 5) is 20.2. The fraction of sp³-hybridized carbons (Fsp3) is 0.103. The Balaban J connectivity index is 1.44. The van der Waals surface area contributed by atoms with Crippen LogP contribution >= 0.6 is 22.9 Å². The summed E-state index contributed by atoms with van der Waals surface area (Å²) < 4.78 is 1.02. The van der Waals surface area contributed by atoms with Gasteiger partial charge in [0.1, 0.15) is 0 Å². The molecule has 0 fully saturated rings. The number of hydrogen-bond donors (Lipinski definition) is 0. The monoisotopic (exact) mass is 482 g/mol. The first-order valence-electron chi connectivity index (χ1n) is 11.1. The van der Waals surface area contributed by atoms with Crippen molar-refractivity contribution in [2.45, 2.75) is 19.9 Å². The molecule has 34 heavy (non-hydrogen) atoms. The summed E-state index contributed by atoms with van der Waals surface area (Å²) in [5, 5.41) is 1.37. The van der Waals surface area contributed by atoms with Gasteiger partial charge in [0.15, 0.2) is 5.13 Å². The third kappa shape index (κ3) is 4.74. The standard InChI is InChI=1S/C29H23ClN2OS/c1-20-25(30)16-17-26-28(20)31-29(34-26)32(19-22-8-4-2-5-9-22)27(33)18-21-12-14-24(15-13-21)23-10-6-3-7-11-23/h2-17H,18-19H2,1H3. The number of nitrogens with zero attached hydrogens (tertiary/aromatic N) is 2. The Morgan fingerprint density at radius 1 is 0.824 bits per heavy atom. The summed E-state index contributed by atoms with van der Waals surface area (Å²) in [5.41, 5.74) is 6.12. The van der Waals surface area contributed by atoms with E-state index in [0.29, 0.717) is 23.1 Å². The van der Waals surface area contributed by atoms with E-state index in [-0.39, 0.29) is 5.91 Å². The van der Waals surface area contributed by atoms with Crippen LogP contribution in [0.2, 0.25) is 5.02 Å². The SMILES string of the molecule is Cc1c(Cl)ccc2sc(N(Cc3ccccc3)C(=O)Cc3ccc(-c4ccccc4)cc3)nc12. The minimum atomic E-state index is 0.0131. The predicted octanol–water partition coefficient (Wildman–Crippen LogP) is 7.70. The number of benzene rings is 4. The molecule has 3 nitrogen and oxygen atoms in total. The minimum Gasteiger partial charge on any atom is -0.283 e. The third-order valence-corrected chi connectivity index (χ3v) is 7.32. The maximum absolute atomic E-state index is 13.6. The second-order valence-electron chi connectivity index (χ2n) is 8.22. The lowest BCUT2D eigenvalue weighted by Gasteiger charge is -2.20. The second kappa shape index (κ2) is 9.80. The molecule has 1 amide bonds. The van der Waals surface area contributed by atoms with Gasteiger partial charge in [0.05, 0.1) is 23.2 Å². The Morgan fingerprint density at radius 2 is 1.47 bits per heavy atom. The fourth-order valence-electron chi connectivity index (χ4n) is 3.95. The smallest absolute Gasteiger partial charge is 0.233 e. The predicted molar refractivity (Wildman–Crippen MR) is 143 cm³/mol. The summed E-state index contributed by atoms with van der Waals surface area (Å²) in [6.45, 7) is 2.43. The van der Waals surface area contributed by atoms with Crippen LogP contribution in [0.1, 0.15) is 16.7 Å². The molecule has 0 unspecified atom stereocenters. The number of thiazole rings is 1. The minimum absolute atomic E-state index is 0.0131. The Kier molecular flexibility index (Phi) is 6.43. The zero-order chi connectivity index (χ0) is 23.5. The average molecular weight is 483 g/mol. The number of aryl methyl sites for hydroxylation is 1. The number of hydrogen-bond acceptors (Lipinski definition) is 3. The van der Waals surface area contributed by atoms with Crippen LogP contribution in [0.15, 0.2) is 97.1 Å². The molecule has 0 saturated heterocycles. The van der Waals surface area contributed by atoms with Crippen LogP contribution in [0.5, 0.6) is 0 Å². The van der Waals surface area contributed by atoms with Crippen molar-refractivity contribution in [2.75, 3.05) is 4.90 Å². The number of fused-ring (bicyclic) bond motifs is 1. The van der Waals surface area contributed by atoms with Gasteiger partial charge in [-0.1, -0.05) is 108 Å². The van der Waals surface area contributed by atoms with Crippen LogP contribution in [-0.4, -0.2) is 10.9 Å². The lowest BCUT2D eigenvalue weighted by molar-refractivity contribution is -0.118. The molecule has 0 radical (unpaired) electrons. The van der Waals surface area contributed by atoms with Gasteiger partial charge in [-0.3, -0.25) is 9.69 Å². The van der Waals surface area contributed by atoms with Crippen LogP contribution in [0.3, 0.4) is 0 Å². The Hall–Kier alpha value is -3.47. The lowest BCUT2D eigenvalue weighted by atomic mass is 10.0. The maximum atomic E-state index is 13.6. The molecule has 1 heterocycles. The zero-order valence-corrected chi connectivity index (χ0v) is 20.3. The van der Waals surface area contributed by atoms with E-state index >= 15 is 0 Å². The van der Waals surface area contributed by atoms with Gasteiger partial charge in [-0.15, -0.1) is 0 Å². The quantitative estimate of drug-likeness (QED) is 0.248. The molecular weight excluding hydrogens is 460 g/mol. The number of rotatable bonds is 6. The van der Waals surface area contributed by atoms with Crippen molar-refractivity contribution in [2.24, 2.45) is 0 Å². The molecule has 5 rings (SSSR count). The summed E-state index contributed by atoms with van der Waals surface area (Å²) >= 11 is 7.84. The molecule has 0 saturated carbocycles. The van der Waals surface area contributed by atoms with Gasteiger partial charge >= 0.3 is 0 Å². The van der Waals surface area contributed by atoms with Crippen molar-refractivity contribution in [3.8, 4) is 11.1 Å². The third-order valence-electron chi connectivity index (χ3n) is 5.87. The van der Waals surface area contributed by atoms with Gasteiger partial charge in [0.2, 0.25) is 5.91 Å². The summed E-state index contributed by atoms with van der Waals surface area (Å²) in [6.07, 6.45) is 0.303. The van der Waals surface area contributed by atoms with E-state index in [1.165, 1.54) is 11.3 Å². The largest absolute Gasteiger partial charge is 0.283 e. The highest BCUT2D eigenvalue weighted by molar-refractivity contribution is 7.22. The van der Waals surface area contributed by atoms with Crippen molar-refractivity contribution < 1.29 is 4.79 Å². The van der Waals surface area contributed by atoms with Crippen molar-refractivity contribution in [1.29, 1.82) is 0 Å². The van der Waals surface area contributed by atoms with Crippen LogP contribution in [0.25, 0.3) is 21.3 Å². The molecule has 0 aliphatic rings. The number of carbonyl (C=O) groups is 1. The number of aromatic nitrogens is 1. The molecule has 0 N–H and O–H groups in total. The van der Waals surface area contributed by atoms with Gasteiger partial charge in [-0.2, -0.15) is 0 Å². The Bertz CT molecular complexity index is 1430. The molecule has 5 heteroatoms. The fourth-order valence-corrected chi connectivity index (χ4v) is 5.14. The highest BCUT2D eigenvalue weighted by Crippen LogP contribution is 2.34. The summed E-state index contributed by atoms with van der Waals surface area (Å²) in [5.74, 6) is 0.0131. The molecule has 0 aliphatic heterocycles. The second-order valence-corrected chi connectivity index (χ2v) is 9.64. The molecule has 0 aliphatic carbocycles. The Labute approximate surface area is 208 Å². The van der Waals surface area contributed by atoms with Gasteiger partial charge < -0.3 is 0 Å². The topological polar surface area (TPSA) is 33.2 Å². The molecule has 0 bridgehead atoms. The molecule has 5 aromatic rings. The summed E-state index contributed by atoms with van der Waals surface area (Å²) in [7, 11) is 0. The van der Waals surface area contributed by atoms with Gasteiger partial charge in [-0.05, 0) is 46.9 Å². The van der Waals surface area contributed by atoms with Gasteiger partial charge in [-0.25, -0.2) is 4.98 Å². The summed E-state index contributed by atoms with van der Waals surface area (Å²) in [6, 6.07) is 32.3. The molecule has 4 aromatic carbocycles. The first kappa shape index (κ1) is 22.3. The zero-order valence-electron chi connectivity index (χ0n) is 18.7. The van der Waals surface area contributed by atoms with Crippen LogP contribution in [0.4, 0.5) is 5.13 Å². The van der Waals surface area contributed by atoms with E-state index in [0.717, 1.165) is 38.0 Å². The maximum Gasteiger partial charge on any atom is 0.233 e. The van der Waals surface area contributed by atoms with Crippen molar-refractivity contribution in [1.82, 2.24) is 4.98 Å².